The summed E-state index contributed by atoms with van der Waals surface area (Å²) < 4.78 is 0. The van der Waals surface area contributed by atoms with E-state index in [0.717, 1.165) is 35.9 Å². The Morgan fingerprint density at radius 1 is 1.00 bits per heavy atom. The number of fused-ring (bicyclic) bond motifs is 2. The lowest BCUT2D eigenvalue weighted by atomic mass is 9.87. The van der Waals surface area contributed by atoms with E-state index in [1.807, 2.05) is 0 Å². The second-order valence-electron chi connectivity index (χ2n) is 7.06. The molecule has 1 aliphatic heterocycles. The lowest BCUT2D eigenvalue weighted by Crippen LogP contribution is -2.54. The highest BCUT2D eigenvalue weighted by molar-refractivity contribution is 4.97. The van der Waals surface area contributed by atoms with Crippen LogP contribution in [0.5, 0.6) is 0 Å². The second-order valence-corrected chi connectivity index (χ2v) is 7.06. The highest BCUT2D eigenvalue weighted by atomic mass is 15.2. The van der Waals surface area contributed by atoms with Gasteiger partial charge in [0.15, 0.2) is 0 Å². The summed E-state index contributed by atoms with van der Waals surface area (Å²) >= 11 is 0. The van der Waals surface area contributed by atoms with Gasteiger partial charge in [-0.05, 0) is 57.4 Å². The van der Waals surface area contributed by atoms with E-state index in [1.54, 1.807) is 0 Å². The summed E-state index contributed by atoms with van der Waals surface area (Å²) in [6.07, 6.45) is 7.35. The summed E-state index contributed by atoms with van der Waals surface area (Å²) in [5, 5.41) is 4.02. The standard InChI is InChI=1S/C15H28N2/c1-10-9-17(3)11(2)6-14(10)16-15-8-12-4-5-13(15)7-12/h10-16H,4-9H2,1-3H3. The maximum absolute atomic E-state index is 4.02. The van der Waals surface area contributed by atoms with Crippen LogP contribution in [-0.4, -0.2) is 36.6 Å². The highest BCUT2D eigenvalue weighted by Gasteiger charge is 2.41. The van der Waals surface area contributed by atoms with Gasteiger partial charge in [-0.1, -0.05) is 13.3 Å². The molecule has 3 fully saturated rings. The fourth-order valence-electron chi connectivity index (χ4n) is 4.50. The van der Waals surface area contributed by atoms with Gasteiger partial charge in [-0.25, -0.2) is 0 Å². The van der Waals surface area contributed by atoms with Crippen molar-refractivity contribution in [1.29, 1.82) is 0 Å². The molecule has 2 aliphatic carbocycles. The highest BCUT2D eigenvalue weighted by Crippen LogP contribution is 2.45. The van der Waals surface area contributed by atoms with Crippen LogP contribution in [0.4, 0.5) is 0 Å². The molecule has 3 rings (SSSR count). The molecule has 0 aromatic carbocycles. The Kier molecular flexibility index (Phi) is 3.20. The molecule has 2 nitrogen and oxygen atoms in total. The summed E-state index contributed by atoms with van der Waals surface area (Å²) in [6.45, 7) is 6.06. The first-order chi connectivity index (χ1) is 8.13. The van der Waals surface area contributed by atoms with E-state index in [2.05, 4.69) is 31.1 Å². The molecule has 0 radical (unpaired) electrons. The van der Waals surface area contributed by atoms with E-state index >= 15 is 0 Å². The first kappa shape index (κ1) is 12.0. The average molecular weight is 236 g/mol. The molecule has 1 heterocycles. The van der Waals surface area contributed by atoms with Gasteiger partial charge in [-0.3, -0.25) is 0 Å². The maximum Gasteiger partial charge on any atom is 0.0122 e. The number of nitrogens with zero attached hydrogens (tertiary/aromatic N) is 1. The van der Waals surface area contributed by atoms with Crippen molar-refractivity contribution in [2.45, 2.75) is 64.1 Å². The van der Waals surface area contributed by atoms with Gasteiger partial charge in [-0.2, -0.15) is 0 Å². The van der Waals surface area contributed by atoms with E-state index in [-0.39, 0.29) is 0 Å². The molecular formula is C15H28N2. The zero-order valence-electron chi connectivity index (χ0n) is 11.7. The van der Waals surface area contributed by atoms with Crippen LogP contribution in [0, 0.1) is 17.8 Å². The van der Waals surface area contributed by atoms with Gasteiger partial charge >= 0.3 is 0 Å². The minimum Gasteiger partial charge on any atom is -0.311 e. The normalized spacial score (nSPS) is 51.0. The summed E-state index contributed by atoms with van der Waals surface area (Å²) in [5.74, 6) is 2.90. The third-order valence-corrected chi connectivity index (χ3v) is 5.78. The molecule has 2 bridgehead atoms. The predicted molar refractivity (Wildman–Crippen MR) is 72.0 cm³/mol. The van der Waals surface area contributed by atoms with Crippen molar-refractivity contribution in [1.82, 2.24) is 10.2 Å². The molecule has 6 unspecified atom stereocenters. The van der Waals surface area contributed by atoms with Crippen LogP contribution >= 0.6 is 0 Å². The Balaban J connectivity index is 1.58. The van der Waals surface area contributed by atoms with Crippen LogP contribution in [0.15, 0.2) is 0 Å². The van der Waals surface area contributed by atoms with Crippen LogP contribution in [0.3, 0.4) is 0 Å². The molecule has 6 atom stereocenters. The van der Waals surface area contributed by atoms with Gasteiger partial charge in [0.1, 0.15) is 0 Å². The third kappa shape index (κ3) is 2.26. The van der Waals surface area contributed by atoms with E-state index in [4.69, 9.17) is 0 Å². The number of hydrogen-bond acceptors (Lipinski definition) is 2. The summed E-state index contributed by atoms with van der Waals surface area (Å²) in [6, 6.07) is 2.38. The lowest BCUT2D eigenvalue weighted by molar-refractivity contribution is 0.109. The topological polar surface area (TPSA) is 15.3 Å². The van der Waals surface area contributed by atoms with Crippen LogP contribution in [0.1, 0.15) is 46.0 Å². The molecule has 0 aromatic rings. The Bertz CT molecular complexity index is 278. The Hall–Kier alpha value is -0.0800. The Morgan fingerprint density at radius 2 is 1.82 bits per heavy atom. The first-order valence-electron chi connectivity index (χ1n) is 7.59. The summed E-state index contributed by atoms with van der Waals surface area (Å²) in [4.78, 5) is 2.52. The number of nitrogens with one attached hydrogen (secondary N) is 1. The Morgan fingerprint density at radius 3 is 2.47 bits per heavy atom. The summed E-state index contributed by atoms with van der Waals surface area (Å²) in [5.41, 5.74) is 0. The van der Waals surface area contributed by atoms with Crippen LogP contribution in [-0.2, 0) is 0 Å². The minimum absolute atomic E-state index is 0.752. The summed E-state index contributed by atoms with van der Waals surface area (Å²) in [7, 11) is 2.27. The van der Waals surface area contributed by atoms with Crippen LogP contribution in [0.25, 0.3) is 0 Å². The fraction of sp³-hybridized carbons (Fsp3) is 1.00. The zero-order chi connectivity index (χ0) is 12.0. The molecule has 17 heavy (non-hydrogen) atoms. The SMILES string of the molecule is CC1CN(C)C(C)CC1NC1CC2CCC1C2. The van der Waals surface area contributed by atoms with Gasteiger partial charge in [0.25, 0.3) is 0 Å². The quantitative estimate of drug-likeness (QED) is 0.792. The largest absolute Gasteiger partial charge is 0.311 e. The minimum atomic E-state index is 0.752. The predicted octanol–water partition coefficient (Wildman–Crippen LogP) is 2.49. The van der Waals surface area contributed by atoms with Crippen molar-refractivity contribution < 1.29 is 0 Å². The van der Waals surface area contributed by atoms with Crippen molar-refractivity contribution >= 4 is 0 Å². The van der Waals surface area contributed by atoms with Gasteiger partial charge < -0.3 is 10.2 Å². The molecule has 1 N–H and O–H groups in total. The molecule has 2 heteroatoms. The van der Waals surface area contributed by atoms with E-state index in [1.165, 1.54) is 38.6 Å². The van der Waals surface area contributed by atoms with Crippen molar-refractivity contribution in [3.05, 3.63) is 0 Å². The number of hydrogen-bond donors (Lipinski definition) is 1. The van der Waals surface area contributed by atoms with E-state index < -0.39 is 0 Å². The van der Waals surface area contributed by atoms with Crippen molar-refractivity contribution in [3.63, 3.8) is 0 Å². The van der Waals surface area contributed by atoms with Gasteiger partial charge in [0, 0.05) is 24.7 Å². The van der Waals surface area contributed by atoms with Crippen molar-refractivity contribution in [2.75, 3.05) is 13.6 Å². The fourth-order valence-corrected chi connectivity index (χ4v) is 4.50. The molecular weight excluding hydrogens is 208 g/mol. The van der Waals surface area contributed by atoms with Gasteiger partial charge in [0.05, 0.1) is 0 Å². The Labute approximate surface area is 106 Å². The van der Waals surface area contributed by atoms with E-state index in [0.29, 0.717) is 0 Å². The molecule has 2 saturated carbocycles. The second kappa shape index (κ2) is 4.55. The lowest BCUT2D eigenvalue weighted by Gasteiger charge is -2.42. The zero-order valence-corrected chi connectivity index (χ0v) is 11.7. The molecule has 0 spiro atoms. The smallest absolute Gasteiger partial charge is 0.0122 e. The third-order valence-electron chi connectivity index (χ3n) is 5.78. The maximum atomic E-state index is 4.02. The molecule has 0 amide bonds. The first-order valence-corrected chi connectivity index (χ1v) is 7.59. The number of piperidine rings is 1. The number of likely N-dealkylation sites (tertiary alicyclic amines) is 1. The molecule has 1 saturated heterocycles. The van der Waals surface area contributed by atoms with E-state index in [9.17, 15) is 0 Å². The van der Waals surface area contributed by atoms with Crippen LogP contribution in [0.2, 0.25) is 0 Å². The number of rotatable bonds is 2. The van der Waals surface area contributed by atoms with Crippen molar-refractivity contribution in [3.8, 4) is 0 Å². The van der Waals surface area contributed by atoms with Crippen LogP contribution < -0.4 is 5.32 Å². The van der Waals surface area contributed by atoms with Gasteiger partial charge in [-0.15, -0.1) is 0 Å². The monoisotopic (exact) mass is 236 g/mol. The molecule has 0 aromatic heterocycles. The molecule has 98 valence electrons. The molecule has 3 aliphatic rings. The average Bonchev–Trinajstić information content (AvgIpc) is 2.87. The van der Waals surface area contributed by atoms with Gasteiger partial charge in [0.2, 0.25) is 0 Å². The van der Waals surface area contributed by atoms with Crippen molar-refractivity contribution in [2.24, 2.45) is 17.8 Å².